The molecule has 2 rings (SSSR count). The highest BCUT2D eigenvalue weighted by Crippen LogP contribution is 2.20. The minimum absolute atomic E-state index is 0.990. The first-order valence-electron chi connectivity index (χ1n) is 7.42. The molecule has 0 amide bonds. The summed E-state index contributed by atoms with van der Waals surface area (Å²) in [5.41, 5.74) is 2.57. The lowest BCUT2D eigenvalue weighted by molar-refractivity contribution is 0.180. The number of rotatable bonds is 5. The third-order valence-electron chi connectivity index (χ3n) is 4.19. The molecule has 2 nitrogen and oxygen atoms in total. The van der Waals surface area contributed by atoms with Gasteiger partial charge in [0, 0.05) is 11.9 Å². The Hall–Kier alpha value is -0.890. The summed E-state index contributed by atoms with van der Waals surface area (Å²) < 4.78 is 0. The fraction of sp³-hybridized carbons (Fsp3) is 0.688. The molecule has 0 bridgehead atoms. The maximum atomic E-state index is 4.25. The van der Waals surface area contributed by atoms with Gasteiger partial charge < -0.3 is 4.90 Å². The summed E-state index contributed by atoms with van der Waals surface area (Å²) in [4.78, 5) is 6.88. The van der Waals surface area contributed by atoms with Crippen LogP contribution in [-0.4, -0.2) is 29.5 Å². The Labute approximate surface area is 111 Å². The van der Waals surface area contributed by atoms with Crippen LogP contribution >= 0.6 is 0 Å². The molecule has 0 atom stereocenters. The molecule has 1 saturated heterocycles. The summed E-state index contributed by atoms with van der Waals surface area (Å²) in [7, 11) is 0. The summed E-state index contributed by atoms with van der Waals surface area (Å²) in [5.74, 6) is 0.990. The molecule has 0 radical (unpaired) electrons. The zero-order valence-electron chi connectivity index (χ0n) is 11.9. The number of nitrogens with zero attached hydrogens (tertiary/aromatic N) is 2. The minimum Gasteiger partial charge on any atom is -0.303 e. The quantitative estimate of drug-likeness (QED) is 0.791. The van der Waals surface area contributed by atoms with Crippen LogP contribution in [0.4, 0.5) is 0 Å². The van der Waals surface area contributed by atoms with E-state index in [-0.39, 0.29) is 0 Å². The Morgan fingerprint density at radius 3 is 2.78 bits per heavy atom. The van der Waals surface area contributed by atoms with Crippen molar-refractivity contribution in [3.8, 4) is 0 Å². The first-order valence-corrected chi connectivity index (χ1v) is 7.42. The first-order chi connectivity index (χ1) is 8.78. The van der Waals surface area contributed by atoms with E-state index in [1.807, 2.05) is 6.20 Å². The maximum absolute atomic E-state index is 4.25. The lowest BCUT2D eigenvalue weighted by Gasteiger charge is -2.31. The molecule has 18 heavy (non-hydrogen) atoms. The molecule has 1 aliphatic rings. The molecule has 0 spiro atoms. The molecule has 0 saturated carbocycles. The van der Waals surface area contributed by atoms with Gasteiger partial charge in [0.2, 0.25) is 0 Å². The zero-order chi connectivity index (χ0) is 12.8. The van der Waals surface area contributed by atoms with Crippen LogP contribution in [0.25, 0.3) is 0 Å². The van der Waals surface area contributed by atoms with Crippen molar-refractivity contribution in [2.75, 3.05) is 19.6 Å². The molecule has 100 valence electrons. The largest absolute Gasteiger partial charge is 0.303 e. The average molecular weight is 246 g/mol. The molecule has 0 aliphatic carbocycles. The fourth-order valence-corrected chi connectivity index (χ4v) is 2.88. The summed E-state index contributed by atoms with van der Waals surface area (Å²) >= 11 is 0. The van der Waals surface area contributed by atoms with Gasteiger partial charge in [0.15, 0.2) is 0 Å². The van der Waals surface area contributed by atoms with Crippen molar-refractivity contribution in [1.82, 2.24) is 9.88 Å². The lowest BCUT2D eigenvalue weighted by Crippen LogP contribution is -2.34. The second kappa shape index (κ2) is 6.89. The Bertz CT molecular complexity index is 354. The van der Waals surface area contributed by atoms with Crippen molar-refractivity contribution in [2.45, 2.75) is 46.0 Å². The number of likely N-dealkylation sites (tertiary alicyclic amines) is 1. The van der Waals surface area contributed by atoms with E-state index in [1.54, 1.807) is 0 Å². The van der Waals surface area contributed by atoms with Crippen LogP contribution in [0.3, 0.4) is 0 Å². The van der Waals surface area contributed by atoms with E-state index in [1.165, 1.54) is 57.3 Å². The zero-order valence-corrected chi connectivity index (χ0v) is 11.9. The second-order valence-corrected chi connectivity index (χ2v) is 5.60. The van der Waals surface area contributed by atoms with Crippen LogP contribution in [0.1, 0.15) is 43.9 Å². The van der Waals surface area contributed by atoms with Gasteiger partial charge in [0.25, 0.3) is 0 Å². The molecular formula is C16H26N2. The van der Waals surface area contributed by atoms with E-state index in [2.05, 4.69) is 35.9 Å². The van der Waals surface area contributed by atoms with Crippen molar-refractivity contribution in [1.29, 1.82) is 0 Å². The minimum atomic E-state index is 0.990. The van der Waals surface area contributed by atoms with Crippen molar-refractivity contribution in [3.63, 3.8) is 0 Å². The van der Waals surface area contributed by atoms with Crippen LogP contribution in [0, 0.1) is 12.8 Å². The monoisotopic (exact) mass is 246 g/mol. The molecule has 2 heterocycles. The average Bonchev–Trinajstić information content (AvgIpc) is 2.40. The van der Waals surface area contributed by atoms with Crippen molar-refractivity contribution in [2.24, 2.45) is 5.92 Å². The maximum Gasteiger partial charge on any atom is 0.0375 e. The first kappa shape index (κ1) is 13.5. The summed E-state index contributed by atoms with van der Waals surface area (Å²) in [6.45, 7) is 8.28. The predicted octanol–water partition coefficient (Wildman–Crippen LogP) is 3.44. The predicted molar refractivity (Wildman–Crippen MR) is 76.8 cm³/mol. The van der Waals surface area contributed by atoms with Crippen LogP contribution in [0.5, 0.6) is 0 Å². The molecule has 2 heteroatoms. The van der Waals surface area contributed by atoms with E-state index in [4.69, 9.17) is 0 Å². The Morgan fingerprint density at radius 1 is 1.33 bits per heavy atom. The van der Waals surface area contributed by atoms with Crippen molar-refractivity contribution >= 4 is 0 Å². The smallest absolute Gasteiger partial charge is 0.0375 e. The molecular weight excluding hydrogens is 220 g/mol. The van der Waals surface area contributed by atoms with Gasteiger partial charge in [-0.2, -0.15) is 0 Å². The van der Waals surface area contributed by atoms with Gasteiger partial charge in [-0.15, -0.1) is 0 Å². The summed E-state index contributed by atoms with van der Waals surface area (Å²) in [6.07, 6.45) is 8.58. The molecule has 1 fully saturated rings. The van der Waals surface area contributed by atoms with Gasteiger partial charge >= 0.3 is 0 Å². The lowest BCUT2D eigenvalue weighted by atomic mass is 9.94. The highest BCUT2D eigenvalue weighted by atomic mass is 15.1. The standard InChI is InChI=1S/C16H26N2/c1-3-15-7-11-18(12-8-15)10-4-5-16-6-9-17-14(2)13-16/h6,9,13,15H,3-5,7-8,10-12H2,1-2H3. The van der Waals surface area contributed by atoms with E-state index in [0.717, 1.165) is 11.6 Å². The molecule has 0 aromatic carbocycles. The number of pyridine rings is 1. The number of hydrogen-bond donors (Lipinski definition) is 0. The second-order valence-electron chi connectivity index (χ2n) is 5.60. The van der Waals surface area contributed by atoms with Crippen LogP contribution in [-0.2, 0) is 6.42 Å². The van der Waals surface area contributed by atoms with E-state index in [9.17, 15) is 0 Å². The third-order valence-corrected chi connectivity index (χ3v) is 4.19. The number of piperidine rings is 1. The van der Waals surface area contributed by atoms with Crippen LogP contribution < -0.4 is 0 Å². The van der Waals surface area contributed by atoms with Gasteiger partial charge in [-0.3, -0.25) is 4.98 Å². The summed E-state index contributed by atoms with van der Waals surface area (Å²) in [5, 5.41) is 0. The fourth-order valence-electron chi connectivity index (χ4n) is 2.88. The van der Waals surface area contributed by atoms with Crippen LogP contribution in [0.2, 0.25) is 0 Å². The topological polar surface area (TPSA) is 16.1 Å². The molecule has 0 unspecified atom stereocenters. The Kier molecular flexibility index (Phi) is 5.18. The molecule has 1 aliphatic heterocycles. The van der Waals surface area contributed by atoms with Crippen molar-refractivity contribution < 1.29 is 0 Å². The van der Waals surface area contributed by atoms with Gasteiger partial charge in [-0.05, 0) is 75.9 Å². The normalized spacial score (nSPS) is 18.1. The number of aryl methyl sites for hydroxylation is 2. The SMILES string of the molecule is CCC1CCN(CCCc2ccnc(C)c2)CC1. The highest BCUT2D eigenvalue weighted by Gasteiger charge is 2.16. The van der Waals surface area contributed by atoms with Crippen LogP contribution in [0.15, 0.2) is 18.3 Å². The van der Waals surface area contributed by atoms with Crippen molar-refractivity contribution in [3.05, 3.63) is 29.6 Å². The number of aromatic nitrogens is 1. The van der Waals surface area contributed by atoms with Gasteiger partial charge in [0.05, 0.1) is 0 Å². The Morgan fingerprint density at radius 2 is 2.11 bits per heavy atom. The van der Waals surface area contributed by atoms with Gasteiger partial charge in [-0.25, -0.2) is 0 Å². The van der Waals surface area contributed by atoms with Gasteiger partial charge in [-0.1, -0.05) is 13.3 Å². The van der Waals surface area contributed by atoms with Gasteiger partial charge in [0.1, 0.15) is 0 Å². The summed E-state index contributed by atoms with van der Waals surface area (Å²) in [6, 6.07) is 4.36. The molecule has 1 aromatic heterocycles. The van der Waals surface area contributed by atoms with E-state index >= 15 is 0 Å². The number of hydrogen-bond acceptors (Lipinski definition) is 2. The third kappa shape index (κ3) is 4.09. The Balaban J connectivity index is 1.67. The molecule has 1 aromatic rings. The highest BCUT2D eigenvalue weighted by molar-refractivity contribution is 5.15. The molecule has 0 N–H and O–H groups in total. The van der Waals surface area contributed by atoms with E-state index < -0.39 is 0 Å². The van der Waals surface area contributed by atoms with E-state index in [0.29, 0.717) is 0 Å².